The Morgan fingerprint density at radius 1 is 1.25 bits per heavy atom. The first-order valence-corrected chi connectivity index (χ1v) is 5.93. The van der Waals surface area contributed by atoms with Crippen LogP contribution in [0.25, 0.3) is 0 Å². The summed E-state index contributed by atoms with van der Waals surface area (Å²) in [6.45, 7) is 3.97. The van der Waals surface area contributed by atoms with Crippen LogP contribution in [0.5, 0.6) is 0 Å². The van der Waals surface area contributed by atoms with E-state index in [1.165, 1.54) is 5.56 Å². The Kier molecular flexibility index (Phi) is 5.20. The maximum atomic E-state index is 11.6. The minimum absolute atomic E-state index is 0.186. The highest BCUT2D eigenvalue weighted by molar-refractivity contribution is 5.83. The molecule has 0 bridgehead atoms. The van der Waals surface area contributed by atoms with Crippen molar-refractivity contribution in [2.75, 3.05) is 0 Å². The van der Waals surface area contributed by atoms with Crippen LogP contribution in [0, 0.1) is 5.92 Å². The van der Waals surface area contributed by atoms with Crippen molar-refractivity contribution in [3.63, 3.8) is 0 Å². The van der Waals surface area contributed by atoms with Crippen molar-refractivity contribution in [3.05, 3.63) is 35.9 Å². The lowest BCUT2D eigenvalue weighted by molar-refractivity contribution is -0.121. The lowest BCUT2D eigenvalue weighted by atomic mass is 9.96. The zero-order valence-corrected chi connectivity index (χ0v) is 10.1. The molecule has 0 aliphatic rings. The van der Waals surface area contributed by atoms with Gasteiger partial charge in [-0.3, -0.25) is 4.79 Å². The number of nitrogens with two attached hydrogens (primary N) is 1. The first-order chi connectivity index (χ1) is 7.61. The van der Waals surface area contributed by atoms with Crippen molar-refractivity contribution in [2.24, 2.45) is 11.7 Å². The van der Waals surface area contributed by atoms with Crippen LogP contribution in [0.1, 0.15) is 32.3 Å². The Balaban J connectivity index is 2.28. The van der Waals surface area contributed by atoms with E-state index in [-0.39, 0.29) is 17.7 Å². The lowest BCUT2D eigenvalue weighted by Crippen LogP contribution is -2.35. The number of rotatable bonds is 6. The van der Waals surface area contributed by atoms with E-state index < -0.39 is 0 Å². The highest BCUT2D eigenvalue weighted by Crippen LogP contribution is 2.08. The number of Topliss-reactive ketones (excluding diaryl/α,β-unsaturated/α-hetero) is 1. The normalized spacial score (nSPS) is 12.8. The van der Waals surface area contributed by atoms with E-state index in [1.54, 1.807) is 0 Å². The minimum atomic E-state index is -0.296. The van der Waals surface area contributed by atoms with Gasteiger partial charge in [-0.2, -0.15) is 0 Å². The van der Waals surface area contributed by atoms with E-state index in [9.17, 15) is 4.79 Å². The first kappa shape index (κ1) is 12.9. The zero-order chi connectivity index (χ0) is 12.0. The number of benzene rings is 1. The average molecular weight is 219 g/mol. The Morgan fingerprint density at radius 2 is 1.88 bits per heavy atom. The molecule has 1 rings (SSSR count). The second-order valence-corrected chi connectivity index (χ2v) is 4.58. The topological polar surface area (TPSA) is 43.1 Å². The van der Waals surface area contributed by atoms with E-state index in [0.717, 1.165) is 12.8 Å². The van der Waals surface area contributed by atoms with Gasteiger partial charge in [-0.1, -0.05) is 44.2 Å². The summed E-state index contributed by atoms with van der Waals surface area (Å²) in [4.78, 5) is 11.6. The van der Waals surface area contributed by atoms with Crippen molar-refractivity contribution in [3.8, 4) is 0 Å². The van der Waals surface area contributed by atoms with Crippen molar-refractivity contribution < 1.29 is 4.79 Å². The van der Waals surface area contributed by atoms with Gasteiger partial charge in [-0.05, 0) is 24.3 Å². The lowest BCUT2D eigenvalue weighted by Gasteiger charge is -2.13. The Morgan fingerprint density at radius 3 is 2.44 bits per heavy atom. The molecule has 0 saturated heterocycles. The highest BCUT2D eigenvalue weighted by Gasteiger charge is 2.16. The Hall–Kier alpha value is -1.15. The van der Waals surface area contributed by atoms with Gasteiger partial charge in [0.2, 0.25) is 0 Å². The number of ketones is 1. The standard InChI is InChI=1S/C14H21NO/c1-11(2)14(15)13(16)10-6-9-12-7-4-3-5-8-12/h3-5,7-8,11,14H,6,9-10,15H2,1-2H3/t14-/m1/s1. The van der Waals surface area contributed by atoms with E-state index in [2.05, 4.69) is 12.1 Å². The Labute approximate surface area is 97.9 Å². The predicted molar refractivity (Wildman–Crippen MR) is 67.2 cm³/mol. The highest BCUT2D eigenvalue weighted by atomic mass is 16.1. The van der Waals surface area contributed by atoms with Crippen molar-refractivity contribution in [2.45, 2.75) is 39.2 Å². The van der Waals surface area contributed by atoms with Gasteiger partial charge in [-0.25, -0.2) is 0 Å². The van der Waals surface area contributed by atoms with Crippen molar-refractivity contribution in [1.29, 1.82) is 0 Å². The second kappa shape index (κ2) is 6.44. The summed E-state index contributed by atoms with van der Waals surface area (Å²) in [7, 11) is 0. The molecule has 0 aliphatic heterocycles. The largest absolute Gasteiger partial charge is 0.321 e. The molecule has 0 fully saturated rings. The second-order valence-electron chi connectivity index (χ2n) is 4.58. The summed E-state index contributed by atoms with van der Waals surface area (Å²) in [5.74, 6) is 0.426. The summed E-state index contributed by atoms with van der Waals surface area (Å²) in [5.41, 5.74) is 7.08. The van der Waals surface area contributed by atoms with Crippen LogP contribution in [0.3, 0.4) is 0 Å². The molecule has 88 valence electrons. The molecule has 0 heterocycles. The van der Waals surface area contributed by atoms with Crippen molar-refractivity contribution in [1.82, 2.24) is 0 Å². The zero-order valence-electron chi connectivity index (χ0n) is 10.1. The molecule has 2 N–H and O–H groups in total. The predicted octanol–water partition coefficient (Wildman–Crippen LogP) is 2.56. The fourth-order valence-electron chi connectivity index (χ4n) is 1.65. The molecular weight excluding hydrogens is 198 g/mol. The maximum Gasteiger partial charge on any atom is 0.149 e. The molecule has 0 saturated carbocycles. The van der Waals surface area contributed by atoms with E-state index in [4.69, 9.17) is 5.73 Å². The monoisotopic (exact) mass is 219 g/mol. The molecule has 1 aromatic carbocycles. The van der Waals surface area contributed by atoms with Gasteiger partial charge < -0.3 is 5.73 Å². The van der Waals surface area contributed by atoms with Gasteiger partial charge in [0.25, 0.3) is 0 Å². The molecule has 2 heteroatoms. The van der Waals surface area contributed by atoms with Crippen LogP contribution in [0.2, 0.25) is 0 Å². The van der Waals surface area contributed by atoms with Crippen LogP contribution in [-0.2, 0) is 11.2 Å². The van der Waals surface area contributed by atoms with Crippen LogP contribution < -0.4 is 5.73 Å². The van der Waals surface area contributed by atoms with E-state index >= 15 is 0 Å². The third-order valence-corrected chi connectivity index (χ3v) is 2.82. The number of carbonyl (C=O) groups is 1. The van der Waals surface area contributed by atoms with Gasteiger partial charge in [0.05, 0.1) is 6.04 Å². The molecule has 0 spiro atoms. The third kappa shape index (κ3) is 4.15. The maximum absolute atomic E-state index is 11.6. The van der Waals surface area contributed by atoms with Crippen LogP contribution in [0.15, 0.2) is 30.3 Å². The molecule has 1 aromatic rings. The van der Waals surface area contributed by atoms with Gasteiger partial charge >= 0.3 is 0 Å². The van der Waals surface area contributed by atoms with Gasteiger partial charge in [0, 0.05) is 6.42 Å². The molecular formula is C14H21NO. The number of carbonyl (C=O) groups excluding carboxylic acids is 1. The third-order valence-electron chi connectivity index (χ3n) is 2.82. The molecule has 16 heavy (non-hydrogen) atoms. The van der Waals surface area contributed by atoms with Crippen LogP contribution >= 0.6 is 0 Å². The van der Waals surface area contributed by atoms with Gasteiger partial charge in [-0.15, -0.1) is 0 Å². The fourth-order valence-corrected chi connectivity index (χ4v) is 1.65. The fraction of sp³-hybridized carbons (Fsp3) is 0.500. The minimum Gasteiger partial charge on any atom is -0.321 e. The van der Waals surface area contributed by atoms with Crippen molar-refractivity contribution >= 4 is 5.78 Å². The molecule has 1 atom stereocenters. The number of aryl methyl sites for hydroxylation is 1. The first-order valence-electron chi connectivity index (χ1n) is 5.93. The Bertz CT molecular complexity index is 319. The molecule has 0 radical (unpaired) electrons. The molecule has 0 amide bonds. The summed E-state index contributed by atoms with van der Waals surface area (Å²) in [6, 6.07) is 9.94. The summed E-state index contributed by atoms with van der Waals surface area (Å²) < 4.78 is 0. The molecule has 0 aliphatic carbocycles. The SMILES string of the molecule is CC(C)[C@@H](N)C(=O)CCCc1ccccc1. The molecule has 0 unspecified atom stereocenters. The number of hydrogen-bond acceptors (Lipinski definition) is 2. The van der Waals surface area contributed by atoms with E-state index in [1.807, 2.05) is 32.0 Å². The quantitative estimate of drug-likeness (QED) is 0.799. The summed E-state index contributed by atoms with van der Waals surface area (Å²) in [5, 5.41) is 0. The van der Waals surface area contributed by atoms with Gasteiger partial charge in [0.1, 0.15) is 5.78 Å². The van der Waals surface area contributed by atoms with Crippen LogP contribution in [0.4, 0.5) is 0 Å². The van der Waals surface area contributed by atoms with Crippen LogP contribution in [-0.4, -0.2) is 11.8 Å². The summed E-state index contributed by atoms with van der Waals surface area (Å²) >= 11 is 0. The summed E-state index contributed by atoms with van der Waals surface area (Å²) in [6.07, 6.45) is 2.44. The molecule has 2 nitrogen and oxygen atoms in total. The van der Waals surface area contributed by atoms with E-state index in [0.29, 0.717) is 6.42 Å². The molecule has 0 aromatic heterocycles. The van der Waals surface area contributed by atoms with Gasteiger partial charge in [0.15, 0.2) is 0 Å². The average Bonchev–Trinajstić information content (AvgIpc) is 2.29. The smallest absolute Gasteiger partial charge is 0.149 e. The number of hydrogen-bond donors (Lipinski definition) is 1.